The second kappa shape index (κ2) is 7.28. The Morgan fingerprint density at radius 1 is 1.40 bits per heavy atom. The number of hydrogen-bond donors (Lipinski definition) is 1. The van der Waals surface area contributed by atoms with Gasteiger partial charge in [-0.15, -0.1) is 0 Å². The van der Waals surface area contributed by atoms with Crippen LogP contribution in [0.2, 0.25) is 5.02 Å². The molecule has 8 nitrogen and oxygen atoms in total. The lowest BCUT2D eigenvalue weighted by molar-refractivity contribution is 0.177. The highest BCUT2D eigenvalue weighted by atomic mass is 35.5. The Bertz CT molecular complexity index is 868. The zero-order valence-electron chi connectivity index (χ0n) is 13.9. The predicted octanol–water partition coefficient (Wildman–Crippen LogP) is 1.90. The van der Waals surface area contributed by atoms with E-state index in [0.717, 1.165) is 6.42 Å². The number of aryl methyl sites for hydroxylation is 1. The molecule has 0 saturated carbocycles. The lowest BCUT2D eigenvalue weighted by Crippen LogP contribution is -2.33. The summed E-state index contributed by atoms with van der Waals surface area (Å²) >= 11 is 6.08. The monoisotopic (exact) mass is 386 g/mol. The molecule has 2 heterocycles. The Labute approximate surface area is 151 Å². The van der Waals surface area contributed by atoms with Crippen LogP contribution >= 0.6 is 11.6 Å². The first-order valence-corrected chi connectivity index (χ1v) is 9.59. The number of rotatable bonds is 6. The van der Waals surface area contributed by atoms with Gasteiger partial charge in [0.1, 0.15) is 23.1 Å². The number of aromatic nitrogens is 3. The Kier molecular flexibility index (Phi) is 5.28. The van der Waals surface area contributed by atoms with E-state index in [1.807, 2.05) is 0 Å². The molecule has 1 aromatic carbocycles. The van der Waals surface area contributed by atoms with E-state index in [1.54, 1.807) is 17.9 Å². The summed E-state index contributed by atoms with van der Waals surface area (Å²) in [7, 11) is -0.816. The van der Waals surface area contributed by atoms with Crippen molar-refractivity contribution in [3.8, 4) is 5.75 Å². The highest BCUT2D eigenvalue weighted by Gasteiger charge is 2.30. The topological polar surface area (TPSA) is 95.3 Å². The van der Waals surface area contributed by atoms with Gasteiger partial charge in [-0.2, -0.15) is 5.10 Å². The number of benzene rings is 1. The summed E-state index contributed by atoms with van der Waals surface area (Å²) < 4.78 is 40.1. The van der Waals surface area contributed by atoms with Gasteiger partial charge in [0, 0.05) is 19.7 Å². The first-order chi connectivity index (χ1) is 11.9. The number of nitrogens with zero attached hydrogens (tertiary/aromatic N) is 3. The van der Waals surface area contributed by atoms with Gasteiger partial charge in [0.15, 0.2) is 5.82 Å². The average Bonchev–Trinajstić information content (AvgIpc) is 2.99. The molecule has 0 fully saturated rings. The summed E-state index contributed by atoms with van der Waals surface area (Å²) in [6, 6.07) is 4.03. The number of nitrogens with one attached hydrogen (secondary N) is 1. The van der Waals surface area contributed by atoms with Gasteiger partial charge in [-0.3, -0.25) is 0 Å². The van der Waals surface area contributed by atoms with Crippen molar-refractivity contribution in [2.45, 2.75) is 36.9 Å². The Hall–Kier alpha value is -1.68. The van der Waals surface area contributed by atoms with Crippen molar-refractivity contribution in [2.75, 3.05) is 14.2 Å². The molecule has 2 aromatic rings. The molecule has 1 aromatic heterocycles. The fourth-order valence-electron chi connectivity index (χ4n) is 2.77. The van der Waals surface area contributed by atoms with Gasteiger partial charge >= 0.3 is 0 Å². The third-order valence-corrected chi connectivity index (χ3v) is 5.87. The number of hydrogen-bond acceptors (Lipinski definition) is 6. The van der Waals surface area contributed by atoms with Crippen molar-refractivity contribution in [1.82, 2.24) is 19.5 Å². The highest BCUT2D eigenvalue weighted by molar-refractivity contribution is 7.89. The Morgan fingerprint density at radius 3 is 2.92 bits per heavy atom. The zero-order valence-corrected chi connectivity index (χ0v) is 15.5. The Balaban J connectivity index is 1.90. The van der Waals surface area contributed by atoms with Gasteiger partial charge < -0.3 is 9.47 Å². The smallest absolute Gasteiger partial charge is 0.242 e. The molecule has 3 rings (SSSR count). The van der Waals surface area contributed by atoms with Gasteiger partial charge in [-0.05, 0) is 25.0 Å². The molecule has 0 amide bonds. The maximum atomic E-state index is 12.8. The molecule has 136 valence electrons. The van der Waals surface area contributed by atoms with Gasteiger partial charge in [0.05, 0.1) is 18.2 Å². The van der Waals surface area contributed by atoms with Crippen LogP contribution in [0.25, 0.3) is 0 Å². The number of fused-ring (bicyclic) bond motifs is 1. The van der Waals surface area contributed by atoms with Crippen molar-refractivity contribution in [1.29, 1.82) is 0 Å². The number of sulfonamides is 1. The van der Waals surface area contributed by atoms with E-state index >= 15 is 0 Å². The van der Waals surface area contributed by atoms with E-state index in [9.17, 15) is 8.42 Å². The second-order valence-corrected chi connectivity index (χ2v) is 7.74. The zero-order chi connectivity index (χ0) is 18.0. The highest BCUT2D eigenvalue weighted by Crippen LogP contribution is 2.30. The fraction of sp³-hybridized carbons (Fsp3) is 0.467. The Morgan fingerprint density at radius 2 is 2.20 bits per heavy atom. The molecule has 1 aliphatic rings. The van der Waals surface area contributed by atoms with Crippen LogP contribution < -0.4 is 9.46 Å². The summed E-state index contributed by atoms with van der Waals surface area (Å²) in [5, 5.41) is 4.47. The van der Waals surface area contributed by atoms with Gasteiger partial charge in [0.2, 0.25) is 10.0 Å². The van der Waals surface area contributed by atoms with Crippen LogP contribution in [0.15, 0.2) is 23.1 Å². The summed E-state index contributed by atoms with van der Waals surface area (Å²) in [6.45, 7) is 0.978. The van der Waals surface area contributed by atoms with E-state index in [4.69, 9.17) is 21.1 Å². The van der Waals surface area contributed by atoms with Crippen molar-refractivity contribution in [3.63, 3.8) is 0 Å². The quantitative estimate of drug-likeness (QED) is 0.814. The third-order valence-electron chi connectivity index (χ3n) is 3.92. The summed E-state index contributed by atoms with van der Waals surface area (Å²) in [6.07, 6.45) is 1.42. The number of methoxy groups -OCH3 is 2. The summed E-state index contributed by atoms with van der Waals surface area (Å²) in [5.41, 5.74) is 0. The molecular weight excluding hydrogens is 368 g/mol. The summed E-state index contributed by atoms with van der Waals surface area (Å²) in [4.78, 5) is 4.37. The minimum absolute atomic E-state index is 0.0257. The maximum Gasteiger partial charge on any atom is 0.242 e. The molecule has 0 aliphatic carbocycles. The molecule has 25 heavy (non-hydrogen) atoms. The molecule has 0 bridgehead atoms. The lowest BCUT2D eigenvalue weighted by atomic mass is 10.1. The van der Waals surface area contributed by atoms with E-state index < -0.39 is 16.1 Å². The molecular formula is C15H19ClN4O4S. The van der Waals surface area contributed by atoms with Gasteiger partial charge in [-0.1, -0.05) is 11.6 Å². The molecule has 0 radical (unpaired) electrons. The van der Waals surface area contributed by atoms with E-state index in [0.29, 0.717) is 30.4 Å². The molecule has 10 heteroatoms. The van der Waals surface area contributed by atoms with Crippen LogP contribution in [0.4, 0.5) is 0 Å². The van der Waals surface area contributed by atoms with Crippen molar-refractivity contribution in [3.05, 3.63) is 34.9 Å². The minimum atomic E-state index is -3.84. The molecule has 0 spiro atoms. The molecule has 0 unspecified atom stereocenters. The number of ether oxygens (including phenoxy) is 2. The number of halogens is 1. The maximum absolute atomic E-state index is 12.8. The molecule has 1 atom stereocenters. The van der Waals surface area contributed by atoms with Gasteiger partial charge in [0.25, 0.3) is 0 Å². The van der Waals surface area contributed by atoms with E-state index in [2.05, 4.69) is 14.8 Å². The second-order valence-electron chi connectivity index (χ2n) is 5.65. The first kappa shape index (κ1) is 18.1. The normalized spacial score (nSPS) is 17.3. The van der Waals surface area contributed by atoms with Crippen LogP contribution in [0.5, 0.6) is 5.75 Å². The lowest BCUT2D eigenvalue weighted by Gasteiger charge is -2.23. The van der Waals surface area contributed by atoms with Crippen LogP contribution in [0, 0.1) is 0 Å². The standard InChI is InChI=1S/C15H19ClN4O4S/c1-23-9-14-17-15-12(4-3-7-20(15)18-14)19-25(21,22)13-8-10(24-2)5-6-11(13)16/h5-6,8,12,19H,3-4,7,9H2,1-2H3/t12-/m0/s1. The van der Waals surface area contributed by atoms with Crippen molar-refractivity contribution >= 4 is 21.6 Å². The van der Waals surface area contributed by atoms with Crippen LogP contribution in [-0.2, 0) is 27.9 Å². The molecule has 0 saturated heterocycles. The fourth-order valence-corrected chi connectivity index (χ4v) is 4.51. The van der Waals surface area contributed by atoms with Crippen LogP contribution in [0.1, 0.15) is 30.5 Å². The van der Waals surface area contributed by atoms with Crippen LogP contribution in [-0.4, -0.2) is 37.4 Å². The van der Waals surface area contributed by atoms with Crippen molar-refractivity contribution < 1.29 is 17.9 Å². The average molecular weight is 387 g/mol. The SMILES string of the molecule is COCc1nc2n(n1)CCC[C@@H]2NS(=O)(=O)c1cc(OC)ccc1Cl. The predicted molar refractivity (Wildman–Crippen MR) is 91.0 cm³/mol. The third kappa shape index (κ3) is 3.79. The van der Waals surface area contributed by atoms with Crippen molar-refractivity contribution in [2.24, 2.45) is 0 Å². The van der Waals surface area contributed by atoms with E-state index in [1.165, 1.54) is 19.2 Å². The largest absolute Gasteiger partial charge is 0.497 e. The van der Waals surface area contributed by atoms with Gasteiger partial charge in [-0.25, -0.2) is 22.8 Å². The van der Waals surface area contributed by atoms with E-state index in [-0.39, 0.29) is 16.5 Å². The molecule has 1 aliphatic heterocycles. The summed E-state index contributed by atoms with van der Waals surface area (Å²) in [5.74, 6) is 1.53. The first-order valence-electron chi connectivity index (χ1n) is 7.73. The molecule has 1 N–H and O–H groups in total. The van der Waals surface area contributed by atoms with Crippen LogP contribution in [0.3, 0.4) is 0 Å². The minimum Gasteiger partial charge on any atom is -0.497 e.